The normalized spacial score (nSPS) is 19.8. The number of hydrogen-bond donors (Lipinski definition) is 2. The van der Waals surface area contributed by atoms with Crippen LogP contribution in [-0.4, -0.2) is 78.7 Å². The summed E-state index contributed by atoms with van der Waals surface area (Å²) in [7, 11) is 2.00. The smallest absolute Gasteiger partial charge is 0.410 e. The molecule has 0 radical (unpaired) electrons. The summed E-state index contributed by atoms with van der Waals surface area (Å²) in [6.07, 6.45) is 0.899. The molecule has 1 atom stereocenters. The van der Waals surface area contributed by atoms with E-state index >= 15 is 0 Å². The molecular weight excluding hydrogens is 424 g/mol. The highest BCUT2D eigenvalue weighted by molar-refractivity contribution is 6.34. The summed E-state index contributed by atoms with van der Waals surface area (Å²) < 4.78 is 10.4. The Kier molecular flexibility index (Phi) is 5.92. The van der Waals surface area contributed by atoms with Gasteiger partial charge in [-0.15, -0.1) is 0 Å². The van der Waals surface area contributed by atoms with Crippen LogP contribution in [0.1, 0.15) is 17.4 Å². The molecule has 2 aliphatic heterocycles. The van der Waals surface area contributed by atoms with Crippen LogP contribution in [0, 0.1) is 0 Å². The van der Waals surface area contributed by atoms with Crippen molar-refractivity contribution in [2.24, 2.45) is 0 Å². The predicted molar refractivity (Wildman–Crippen MR) is 116 cm³/mol. The maximum atomic E-state index is 12.5. The zero-order valence-electron chi connectivity index (χ0n) is 17.4. The first-order valence-corrected chi connectivity index (χ1v) is 10.4. The van der Waals surface area contributed by atoms with Gasteiger partial charge in [0.1, 0.15) is 12.4 Å². The molecule has 4 rings (SSSR count). The molecule has 3 heterocycles. The van der Waals surface area contributed by atoms with Crippen molar-refractivity contribution in [2.45, 2.75) is 19.1 Å². The van der Waals surface area contributed by atoms with Gasteiger partial charge in [0.25, 0.3) is 11.9 Å². The number of nitrogens with two attached hydrogens (primary N) is 1. The molecule has 10 nitrogen and oxygen atoms in total. The van der Waals surface area contributed by atoms with Crippen LogP contribution in [0.15, 0.2) is 28.9 Å². The van der Waals surface area contributed by atoms with E-state index in [1.165, 1.54) is 6.26 Å². The van der Waals surface area contributed by atoms with Crippen LogP contribution >= 0.6 is 11.6 Å². The number of nitrogens with zero attached hydrogens (tertiary/aromatic N) is 4. The molecule has 1 unspecified atom stereocenters. The zero-order chi connectivity index (χ0) is 22.1. The van der Waals surface area contributed by atoms with Gasteiger partial charge in [0, 0.05) is 44.5 Å². The number of nitrogens with one attached hydrogen (secondary N) is 1. The highest BCUT2D eigenvalue weighted by atomic mass is 35.5. The number of carbonyl (C=O) groups excluding carboxylic acids is 2. The SMILES string of the molecule is CC1CN(c2ccc(Cl)c(NC(=O)c3coc(N)n3)c2)CCN1C(=O)OC1CN(C)C1. The monoisotopic (exact) mass is 448 g/mol. The molecule has 2 aromatic rings. The summed E-state index contributed by atoms with van der Waals surface area (Å²) >= 11 is 6.27. The van der Waals surface area contributed by atoms with Gasteiger partial charge in [-0.3, -0.25) is 9.69 Å². The molecule has 0 bridgehead atoms. The molecule has 166 valence electrons. The molecular formula is C20H25ClN6O4. The van der Waals surface area contributed by atoms with Crippen LogP contribution in [0.5, 0.6) is 0 Å². The van der Waals surface area contributed by atoms with E-state index in [0.29, 0.717) is 30.3 Å². The van der Waals surface area contributed by atoms with Gasteiger partial charge in [-0.1, -0.05) is 11.6 Å². The minimum absolute atomic E-state index is 0.0223. The van der Waals surface area contributed by atoms with Crippen molar-refractivity contribution >= 4 is 41.0 Å². The zero-order valence-corrected chi connectivity index (χ0v) is 18.1. The van der Waals surface area contributed by atoms with Gasteiger partial charge in [-0.05, 0) is 32.2 Å². The summed E-state index contributed by atoms with van der Waals surface area (Å²) in [5, 5.41) is 3.13. The number of oxazole rings is 1. The van der Waals surface area contributed by atoms with E-state index in [1.807, 2.05) is 20.0 Å². The number of aromatic nitrogens is 1. The van der Waals surface area contributed by atoms with Crippen molar-refractivity contribution in [3.8, 4) is 0 Å². The van der Waals surface area contributed by atoms with Crippen LogP contribution < -0.4 is 16.0 Å². The fourth-order valence-corrected chi connectivity index (χ4v) is 3.94. The van der Waals surface area contributed by atoms with Gasteiger partial charge in [0.2, 0.25) is 0 Å². The third-order valence-corrected chi connectivity index (χ3v) is 5.81. The first kappa shape index (κ1) is 21.3. The van der Waals surface area contributed by atoms with Crippen molar-refractivity contribution in [1.29, 1.82) is 0 Å². The highest BCUT2D eigenvalue weighted by Crippen LogP contribution is 2.29. The maximum Gasteiger partial charge on any atom is 0.410 e. The Balaban J connectivity index is 1.39. The van der Waals surface area contributed by atoms with E-state index in [1.54, 1.807) is 17.0 Å². The predicted octanol–water partition coefficient (Wildman–Crippen LogP) is 2.12. The Bertz CT molecular complexity index is 976. The van der Waals surface area contributed by atoms with Gasteiger partial charge in [-0.2, -0.15) is 4.98 Å². The molecule has 31 heavy (non-hydrogen) atoms. The fraction of sp³-hybridized carbons (Fsp3) is 0.450. The van der Waals surface area contributed by atoms with Gasteiger partial charge in [0.15, 0.2) is 5.69 Å². The summed E-state index contributed by atoms with van der Waals surface area (Å²) in [5.41, 5.74) is 6.83. The number of carbonyl (C=O) groups is 2. The lowest BCUT2D eigenvalue weighted by molar-refractivity contribution is -0.0199. The quantitative estimate of drug-likeness (QED) is 0.730. The Hall–Kier alpha value is -2.98. The standard InChI is InChI=1S/C20H25ClN6O4/c1-12-8-26(5-6-27(12)20(29)31-14-9-25(2)10-14)13-3-4-15(21)16(7-13)23-18(28)17-11-30-19(22)24-17/h3-4,7,11-12,14H,5-6,8-10H2,1-2H3,(H2,22,24)(H,23,28). The minimum Gasteiger partial charge on any atom is -0.443 e. The van der Waals surface area contributed by atoms with Crippen molar-refractivity contribution in [2.75, 3.05) is 55.7 Å². The number of rotatable bonds is 4. The Morgan fingerprint density at radius 2 is 2.06 bits per heavy atom. The van der Waals surface area contributed by atoms with E-state index in [-0.39, 0.29) is 29.9 Å². The van der Waals surface area contributed by atoms with E-state index in [0.717, 1.165) is 18.8 Å². The van der Waals surface area contributed by atoms with Crippen molar-refractivity contribution in [3.63, 3.8) is 0 Å². The molecule has 0 saturated carbocycles. The van der Waals surface area contributed by atoms with Crippen molar-refractivity contribution in [3.05, 3.63) is 35.2 Å². The summed E-state index contributed by atoms with van der Waals surface area (Å²) in [6.45, 7) is 5.37. The molecule has 2 fully saturated rings. The van der Waals surface area contributed by atoms with E-state index < -0.39 is 5.91 Å². The largest absolute Gasteiger partial charge is 0.443 e. The number of hydrogen-bond acceptors (Lipinski definition) is 8. The highest BCUT2D eigenvalue weighted by Gasteiger charge is 2.33. The van der Waals surface area contributed by atoms with Gasteiger partial charge < -0.3 is 30.0 Å². The van der Waals surface area contributed by atoms with Gasteiger partial charge >= 0.3 is 6.09 Å². The molecule has 1 aromatic carbocycles. The lowest BCUT2D eigenvalue weighted by atomic mass is 10.1. The van der Waals surface area contributed by atoms with Crippen LogP contribution in [0.4, 0.5) is 22.2 Å². The second-order valence-corrected chi connectivity index (χ2v) is 8.31. The van der Waals surface area contributed by atoms with Gasteiger partial charge in [-0.25, -0.2) is 4.79 Å². The Morgan fingerprint density at radius 3 is 2.71 bits per heavy atom. The third kappa shape index (κ3) is 4.70. The van der Waals surface area contributed by atoms with E-state index in [2.05, 4.69) is 20.1 Å². The number of halogens is 1. The minimum atomic E-state index is -0.470. The first-order valence-electron chi connectivity index (χ1n) is 10.0. The first-order chi connectivity index (χ1) is 14.8. The number of benzene rings is 1. The van der Waals surface area contributed by atoms with Crippen LogP contribution in [0.25, 0.3) is 0 Å². The van der Waals surface area contributed by atoms with Crippen LogP contribution in [0.2, 0.25) is 5.02 Å². The third-order valence-electron chi connectivity index (χ3n) is 5.48. The average Bonchev–Trinajstić information content (AvgIpc) is 3.14. The van der Waals surface area contributed by atoms with Gasteiger partial charge in [0.05, 0.1) is 10.7 Å². The molecule has 2 aliphatic rings. The molecule has 3 N–H and O–H groups in total. The Morgan fingerprint density at radius 1 is 1.29 bits per heavy atom. The van der Waals surface area contributed by atoms with E-state index in [9.17, 15) is 9.59 Å². The molecule has 0 aliphatic carbocycles. The summed E-state index contributed by atoms with van der Waals surface area (Å²) in [6, 6.07) is 5.30. The Labute approximate surface area is 184 Å². The fourth-order valence-electron chi connectivity index (χ4n) is 3.77. The number of ether oxygens (including phenoxy) is 1. The summed E-state index contributed by atoms with van der Waals surface area (Å²) in [5.74, 6) is -0.470. The molecule has 0 spiro atoms. The van der Waals surface area contributed by atoms with Crippen LogP contribution in [0.3, 0.4) is 0 Å². The summed E-state index contributed by atoms with van der Waals surface area (Å²) in [4.78, 5) is 34.7. The number of anilines is 3. The molecule has 2 saturated heterocycles. The number of likely N-dealkylation sites (N-methyl/N-ethyl adjacent to an activating group) is 1. The number of piperazine rings is 1. The second kappa shape index (κ2) is 8.64. The lowest BCUT2D eigenvalue weighted by Crippen LogP contribution is -2.57. The molecule has 11 heteroatoms. The number of likely N-dealkylation sites (tertiary alicyclic amines) is 1. The van der Waals surface area contributed by atoms with Crippen molar-refractivity contribution < 1.29 is 18.7 Å². The average molecular weight is 449 g/mol. The van der Waals surface area contributed by atoms with Crippen LogP contribution in [-0.2, 0) is 4.74 Å². The maximum absolute atomic E-state index is 12.5. The van der Waals surface area contributed by atoms with Crippen molar-refractivity contribution in [1.82, 2.24) is 14.8 Å². The molecule has 1 aromatic heterocycles. The van der Waals surface area contributed by atoms with E-state index in [4.69, 9.17) is 26.5 Å². The number of amides is 2. The molecule has 2 amide bonds. The lowest BCUT2D eigenvalue weighted by Gasteiger charge is -2.42. The number of nitrogen functional groups attached to an aromatic ring is 1. The second-order valence-electron chi connectivity index (χ2n) is 7.90. The topological polar surface area (TPSA) is 117 Å².